The van der Waals surface area contributed by atoms with Crippen molar-refractivity contribution in [2.24, 2.45) is 0 Å². The summed E-state index contributed by atoms with van der Waals surface area (Å²) in [5, 5.41) is 0. The van der Waals surface area contributed by atoms with Crippen LogP contribution in [0.2, 0.25) is 0 Å². The number of aryl methyl sites for hydroxylation is 1. The van der Waals surface area contributed by atoms with Gasteiger partial charge in [0.1, 0.15) is 5.75 Å². The van der Waals surface area contributed by atoms with Gasteiger partial charge in [-0.1, -0.05) is 29.5 Å². The molecule has 0 aromatic heterocycles. The van der Waals surface area contributed by atoms with E-state index < -0.39 is 6.09 Å². The Kier molecular flexibility index (Phi) is 5.98. The number of ether oxygens (including phenoxy) is 2. The van der Waals surface area contributed by atoms with Gasteiger partial charge in [0.05, 0.1) is 25.1 Å². The number of methoxy groups -OCH3 is 1. The molecule has 0 spiro atoms. The van der Waals surface area contributed by atoms with Gasteiger partial charge in [-0.05, 0) is 32.0 Å². The van der Waals surface area contributed by atoms with Crippen LogP contribution in [-0.2, 0) is 4.74 Å². The Labute approximate surface area is 146 Å². The van der Waals surface area contributed by atoms with Gasteiger partial charge in [-0.15, -0.1) is 0 Å². The third-order valence-electron chi connectivity index (χ3n) is 3.44. The lowest BCUT2D eigenvalue weighted by Gasteiger charge is -2.22. The van der Waals surface area contributed by atoms with E-state index in [-0.39, 0.29) is 0 Å². The van der Waals surface area contributed by atoms with Crippen LogP contribution < -0.4 is 15.4 Å². The van der Waals surface area contributed by atoms with E-state index in [2.05, 4.69) is 0 Å². The summed E-state index contributed by atoms with van der Waals surface area (Å²) in [5.74, 6) is 0.642. The smallest absolute Gasteiger partial charge is 0.414 e. The molecule has 24 heavy (non-hydrogen) atoms. The highest BCUT2D eigenvalue weighted by atomic mass is 32.2. The zero-order valence-corrected chi connectivity index (χ0v) is 15.1. The predicted molar refractivity (Wildman–Crippen MR) is 98.1 cm³/mol. The third kappa shape index (κ3) is 4.14. The van der Waals surface area contributed by atoms with Gasteiger partial charge in [-0.2, -0.15) is 0 Å². The Bertz CT molecular complexity index is 717. The summed E-state index contributed by atoms with van der Waals surface area (Å²) in [7, 11) is 3.24. The number of carbonyl (C=O) groups is 1. The molecule has 0 atom stereocenters. The largest absolute Gasteiger partial charge is 0.497 e. The lowest BCUT2D eigenvalue weighted by molar-refractivity contribution is 0.161. The third-order valence-corrected chi connectivity index (χ3v) is 4.48. The Morgan fingerprint density at radius 3 is 2.50 bits per heavy atom. The Morgan fingerprint density at radius 2 is 1.92 bits per heavy atom. The number of rotatable bonds is 5. The summed E-state index contributed by atoms with van der Waals surface area (Å²) in [6, 6.07) is 11.7. The number of benzene rings is 2. The minimum absolute atomic E-state index is 0.305. The molecule has 6 heteroatoms. The molecular weight excluding hydrogens is 324 g/mol. The summed E-state index contributed by atoms with van der Waals surface area (Å²) >= 11 is 1.52. The molecule has 0 bridgehead atoms. The number of hydrogen-bond donors (Lipinski definition) is 1. The van der Waals surface area contributed by atoms with Crippen molar-refractivity contribution < 1.29 is 14.3 Å². The average Bonchev–Trinajstić information content (AvgIpc) is 2.56. The number of anilines is 2. The standard InChI is InChI=1S/C18H22N2O3S/c1-5-23-18(21)20(3)17-15(19)10-13(22-4)11-16(17)24-14-8-6-12(2)7-9-14/h6-11H,5,19H2,1-4H3. The van der Waals surface area contributed by atoms with Crippen LogP contribution in [0.25, 0.3) is 0 Å². The highest BCUT2D eigenvalue weighted by molar-refractivity contribution is 7.99. The van der Waals surface area contributed by atoms with E-state index in [1.165, 1.54) is 22.2 Å². The first-order chi connectivity index (χ1) is 11.5. The van der Waals surface area contributed by atoms with Crippen LogP contribution in [0.3, 0.4) is 0 Å². The molecule has 0 unspecified atom stereocenters. The number of nitrogen functional groups attached to an aromatic ring is 1. The van der Waals surface area contributed by atoms with Crippen molar-refractivity contribution in [1.29, 1.82) is 0 Å². The van der Waals surface area contributed by atoms with Crippen molar-refractivity contribution in [3.8, 4) is 5.75 Å². The van der Waals surface area contributed by atoms with Gasteiger partial charge in [0.15, 0.2) is 0 Å². The van der Waals surface area contributed by atoms with Crippen molar-refractivity contribution in [2.75, 3.05) is 31.4 Å². The lowest BCUT2D eigenvalue weighted by atomic mass is 10.2. The molecule has 0 aliphatic carbocycles. The van der Waals surface area contributed by atoms with Crippen molar-refractivity contribution in [3.63, 3.8) is 0 Å². The molecule has 2 aromatic rings. The average molecular weight is 346 g/mol. The first-order valence-corrected chi connectivity index (χ1v) is 8.40. The summed E-state index contributed by atoms with van der Waals surface area (Å²) < 4.78 is 10.4. The van der Waals surface area contributed by atoms with E-state index in [0.29, 0.717) is 23.7 Å². The summed E-state index contributed by atoms with van der Waals surface area (Å²) in [5.41, 5.74) is 8.42. The van der Waals surface area contributed by atoms with Crippen molar-refractivity contribution in [3.05, 3.63) is 42.0 Å². The second-order valence-electron chi connectivity index (χ2n) is 5.24. The summed E-state index contributed by atoms with van der Waals surface area (Å²) in [6.45, 7) is 4.11. The molecule has 128 valence electrons. The fourth-order valence-corrected chi connectivity index (χ4v) is 3.26. The minimum atomic E-state index is -0.444. The molecule has 2 rings (SSSR count). The van der Waals surface area contributed by atoms with Gasteiger partial charge in [-0.25, -0.2) is 4.79 Å². The molecule has 5 nitrogen and oxygen atoms in total. The number of nitrogens with two attached hydrogens (primary N) is 1. The van der Waals surface area contributed by atoms with Gasteiger partial charge in [0, 0.05) is 22.9 Å². The van der Waals surface area contributed by atoms with Gasteiger partial charge >= 0.3 is 6.09 Å². The second kappa shape index (κ2) is 7.97. The number of hydrogen-bond acceptors (Lipinski definition) is 5. The van der Waals surface area contributed by atoms with Gasteiger partial charge in [0.25, 0.3) is 0 Å². The Hall–Kier alpha value is -2.34. The quantitative estimate of drug-likeness (QED) is 0.816. The number of carbonyl (C=O) groups excluding carboxylic acids is 1. The van der Waals surface area contributed by atoms with E-state index in [0.717, 1.165) is 9.79 Å². The zero-order chi connectivity index (χ0) is 17.7. The van der Waals surface area contributed by atoms with E-state index in [4.69, 9.17) is 15.2 Å². The zero-order valence-electron chi connectivity index (χ0n) is 14.3. The molecule has 2 N–H and O–H groups in total. The molecule has 2 aromatic carbocycles. The molecular formula is C18H22N2O3S. The van der Waals surface area contributed by atoms with Crippen molar-refractivity contribution >= 4 is 29.2 Å². The van der Waals surface area contributed by atoms with Crippen LogP contribution in [0.5, 0.6) is 5.75 Å². The van der Waals surface area contributed by atoms with E-state index in [9.17, 15) is 4.79 Å². The maximum absolute atomic E-state index is 12.1. The van der Waals surface area contributed by atoms with Crippen molar-refractivity contribution in [1.82, 2.24) is 0 Å². The van der Waals surface area contributed by atoms with E-state index in [1.807, 2.05) is 37.3 Å². The van der Waals surface area contributed by atoms with E-state index >= 15 is 0 Å². The monoisotopic (exact) mass is 346 g/mol. The Morgan fingerprint density at radius 1 is 1.25 bits per heavy atom. The molecule has 0 saturated heterocycles. The topological polar surface area (TPSA) is 64.8 Å². The van der Waals surface area contributed by atoms with Crippen LogP contribution in [0, 0.1) is 6.92 Å². The van der Waals surface area contributed by atoms with Crippen molar-refractivity contribution in [2.45, 2.75) is 23.6 Å². The van der Waals surface area contributed by atoms with Gasteiger partial charge < -0.3 is 15.2 Å². The van der Waals surface area contributed by atoms with Crippen LogP contribution in [-0.4, -0.2) is 26.9 Å². The van der Waals surface area contributed by atoms with Crippen LogP contribution >= 0.6 is 11.8 Å². The SMILES string of the molecule is CCOC(=O)N(C)c1c(N)cc(OC)cc1Sc1ccc(C)cc1. The molecule has 0 fully saturated rings. The predicted octanol–water partition coefficient (Wildman–Crippen LogP) is 4.33. The fourth-order valence-electron chi connectivity index (χ4n) is 2.20. The van der Waals surface area contributed by atoms with Crippen LogP contribution in [0.4, 0.5) is 16.2 Å². The van der Waals surface area contributed by atoms with Gasteiger partial charge in [-0.3, -0.25) is 4.90 Å². The van der Waals surface area contributed by atoms with Crippen LogP contribution in [0.1, 0.15) is 12.5 Å². The lowest BCUT2D eigenvalue weighted by Crippen LogP contribution is -2.28. The first-order valence-electron chi connectivity index (χ1n) is 7.58. The van der Waals surface area contributed by atoms with Gasteiger partial charge in [0.2, 0.25) is 0 Å². The molecule has 1 amide bonds. The summed E-state index contributed by atoms with van der Waals surface area (Å²) in [4.78, 5) is 15.4. The highest BCUT2D eigenvalue weighted by Gasteiger charge is 2.20. The molecule has 0 aliphatic heterocycles. The molecule has 0 aliphatic rings. The fraction of sp³-hybridized carbons (Fsp3) is 0.278. The second-order valence-corrected chi connectivity index (χ2v) is 6.35. The summed E-state index contributed by atoms with van der Waals surface area (Å²) in [6.07, 6.45) is -0.444. The maximum Gasteiger partial charge on any atom is 0.414 e. The first kappa shape index (κ1) is 18.0. The van der Waals surface area contributed by atoms with E-state index in [1.54, 1.807) is 27.1 Å². The molecule has 0 saturated carbocycles. The molecule has 0 heterocycles. The normalized spacial score (nSPS) is 10.3. The van der Waals surface area contributed by atoms with Crippen LogP contribution in [0.15, 0.2) is 46.2 Å². The number of nitrogens with zero attached hydrogens (tertiary/aromatic N) is 1. The minimum Gasteiger partial charge on any atom is -0.497 e. The highest BCUT2D eigenvalue weighted by Crippen LogP contribution is 2.41. The Balaban J connectivity index is 2.44. The molecule has 0 radical (unpaired) electrons. The maximum atomic E-state index is 12.1. The number of amides is 1.